The van der Waals surface area contributed by atoms with Gasteiger partial charge in [-0.25, -0.2) is 0 Å². The van der Waals surface area contributed by atoms with Gasteiger partial charge in [0.15, 0.2) is 0 Å². The van der Waals surface area contributed by atoms with Gasteiger partial charge in [0.05, 0.1) is 5.54 Å². The van der Waals surface area contributed by atoms with Crippen LogP contribution in [0.1, 0.15) is 32.6 Å². The number of hydrogen-bond acceptors (Lipinski definition) is 3. The van der Waals surface area contributed by atoms with Gasteiger partial charge >= 0.3 is 0 Å². The van der Waals surface area contributed by atoms with Crippen molar-refractivity contribution in [1.29, 1.82) is 0 Å². The Balaban J connectivity index is 2.58. The molecule has 17 heavy (non-hydrogen) atoms. The molecule has 0 bridgehead atoms. The average Bonchev–Trinajstić information content (AvgIpc) is 2.75. The molecule has 0 aromatic heterocycles. The molecular weight excluding hydrogens is 214 g/mol. The van der Waals surface area contributed by atoms with Gasteiger partial charge in [0.25, 0.3) is 0 Å². The first-order chi connectivity index (χ1) is 8.02. The third kappa shape index (κ3) is 3.68. The van der Waals surface area contributed by atoms with Crippen LogP contribution in [0.4, 0.5) is 0 Å². The summed E-state index contributed by atoms with van der Waals surface area (Å²) in [7, 11) is 5.99. The maximum Gasteiger partial charge on any atom is 0.242 e. The van der Waals surface area contributed by atoms with Crippen LogP contribution in [0.25, 0.3) is 0 Å². The predicted molar refractivity (Wildman–Crippen MR) is 71.1 cm³/mol. The van der Waals surface area contributed by atoms with Gasteiger partial charge in [0, 0.05) is 20.1 Å². The van der Waals surface area contributed by atoms with E-state index in [0.717, 1.165) is 45.3 Å². The molecule has 1 N–H and O–H groups in total. The fourth-order valence-corrected chi connectivity index (χ4v) is 2.55. The molecule has 0 radical (unpaired) electrons. The standard InChI is InChI=1S/C13H27N3O/c1-5-7-13(8-6-9-14-13)12(17)16(4)11-10-15(2)3/h14H,5-11H2,1-4H3. The Labute approximate surface area is 105 Å². The Bertz CT molecular complexity index is 247. The summed E-state index contributed by atoms with van der Waals surface area (Å²) in [6.07, 6.45) is 4.12. The van der Waals surface area contributed by atoms with Gasteiger partial charge in [0.1, 0.15) is 0 Å². The quantitative estimate of drug-likeness (QED) is 0.751. The van der Waals surface area contributed by atoms with E-state index >= 15 is 0 Å². The Hall–Kier alpha value is -0.610. The first-order valence-corrected chi connectivity index (χ1v) is 6.67. The Morgan fingerprint density at radius 3 is 2.47 bits per heavy atom. The molecule has 1 heterocycles. The van der Waals surface area contributed by atoms with Crippen molar-refractivity contribution in [2.45, 2.75) is 38.1 Å². The summed E-state index contributed by atoms with van der Waals surface area (Å²) >= 11 is 0. The molecule has 4 nitrogen and oxygen atoms in total. The SMILES string of the molecule is CCCC1(C(=O)N(C)CCN(C)C)CCCN1. The molecule has 1 atom stereocenters. The second-order valence-corrected chi connectivity index (χ2v) is 5.39. The lowest BCUT2D eigenvalue weighted by Gasteiger charge is -2.33. The summed E-state index contributed by atoms with van der Waals surface area (Å²) in [6.45, 7) is 4.85. The molecule has 0 aromatic carbocycles. The van der Waals surface area contributed by atoms with Crippen molar-refractivity contribution in [3.05, 3.63) is 0 Å². The minimum Gasteiger partial charge on any atom is -0.343 e. The minimum atomic E-state index is -0.268. The number of rotatable bonds is 6. The summed E-state index contributed by atoms with van der Waals surface area (Å²) in [4.78, 5) is 16.5. The monoisotopic (exact) mass is 241 g/mol. The van der Waals surface area contributed by atoms with Crippen molar-refractivity contribution < 1.29 is 4.79 Å². The van der Waals surface area contributed by atoms with Crippen molar-refractivity contribution in [1.82, 2.24) is 15.1 Å². The van der Waals surface area contributed by atoms with Crippen LogP contribution in [-0.2, 0) is 4.79 Å². The largest absolute Gasteiger partial charge is 0.343 e. The maximum absolute atomic E-state index is 12.5. The van der Waals surface area contributed by atoms with Crippen LogP contribution in [-0.4, -0.2) is 62.0 Å². The van der Waals surface area contributed by atoms with E-state index in [1.807, 2.05) is 26.0 Å². The highest BCUT2D eigenvalue weighted by molar-refractivity contribution is 5.86. The number of hydrogen-bond donors (Lipinski definition) is 1. The van der Waals surface area contributed by atoms with Crippen LogP contribution < -0.4 is 5.32 Å². The first kappa shape index (κ1) is 14.5. The van der Waals surface area contributed by atoms with Crippen LogP contribution in [0.15, 0.2) is 0 Å². The van der Waals surface area contributed by atoms with E-state index in [1.165, 1.54) is 0 Å². The molecule has 1 aliphatic heterocycles. The zero-order valence-electron chi connectivity index (χ0n) is 11.8. The van der Waals surface area contributed by atoms with Crippen molar-refractivity contribution in [3.8, 4) is 0 Å². The van der Waals surface area contributed by atoms with Gasteiger partial charge < -0.3 is 15.1 Å². The Kier molecular flexibility index (Phi) is 5.40. The van der Waals surface area contributed by atoms with Gasteiger partial charge in [-0.2, -0.15) is 0 Å². The molecule has 0 spiro atoms. The van der Waals surface area contributed by atoms with E-state index < -0.39 is 0 Å². The second-order valence-electron chi connectivity index (χ2n) is 5.39. The molecule has 0 saturated carbocycles. The zero-order chi connectivity index (χ0) is 12.9. The van der Waals surface area contributed by atoms with E-state index in [0.29, 0.717) is 0 Å². The lowest BCUT2D eigenvalue weighted by molar-refractivity contribution is -0.137. The fraction of sp³-hybridized carbons (Fsp3) is 0.923. The predicted octanol–water partition coefficient (Wildman–Crippen LogP) is 0.929. The van der Waals surface area contributed by atoms with E-state index in [1.54, 1.807) is 0 Å². The number of carbonyl (C=O) groups excluding carboxylic acids is 1. The molecule has 1 aliphatic rings. The number of likely N-dealkylation sites (N-methyl/N-ethyl adjacent to an activating group) is 2. The fourth-order valence-electron chi connectivity index (χ4n) is 2.55. The Morgan fingerprint density at radius 2 is 2.00 bits per heavy atom. The van der Waals surface area contributed by atoms with Gasteiger partial charge in [-0.1, -0.05) is 13.3 Å². The van der Waals surface area contributed by atoms with Gasteiger partial charge in [-0.3, -0.25) is 4.79 Å². The third-order valence-corrected chi connectivity index (χ3v) is 3.56. The first-order valence-electron chi connectivity index (χ1n) is 6.67. The van der Waals surface area contributed by atoms with E-state index in [-0.39, 0.29) is 11.4 Å². The van der Waals surface area contributed by atoms with Crippen LogP contribution >= 0.6 is 0 Å². The normalized spacial score (nSPS) is 24.3. The lowest BCUT2D eigenvalue weighted by atomic mass is 9.90. The molecule has 1 saturated heterocycles. The Morgan fingerprint density at radius 1 is 1.29 bits per heavy atom. The molecular formula is C13H27N3O. The molecule has 1 fully saturated rings. The number of carbonyl (C=O) groups is 1. The van der Waals surface area contributed by atoms with Gasteiger partial charge in [0.2, 0.25) is 5.91 Å². The van der Waals surface area contributed by atoms with Gasteiger partial charge in [-0.05, 0) is 39.9 Å². The van der Waals surface area contributed by atoms with Crippen LogP contribution in [0, 0.1) is 0 Å². The van der Waals surface area contributed by atoms with Crippen molar-refractivity contribution in [2.24, 2.45) is 0 Å². The summed E-state index contributed by atoms with van der Waals surface area (Å²) in [5, 5.41) is 3.43. The van der Waals surface area contributed by atoms with E-state index in [9.17, 15) is 4.79 Å². The van der Waals surface area contributed by atoms with Crippen molar-refractivity contribution >= 4 is 5.91 Å². The molecule has 1 amide bonds. The summed E-state index contributed by atoms with van der Waals surface area (Å²) in [5.74, 6) is 0.277. The molecule has 0 aromatic rings. The van der Waals surface area contributed by atoms with Crippen molar-refractivity contribution in [3.63, 3.8) is 0 Å². The molecule has 100 valence electrons. The minimum absolute atomic E-state index is 0.268. The smallest absolute Gasteiger partial charge is 0.242 e. The molecule has 0 aliphatic carbocycles. The summed E-state index contributed by atoms with van der Waals surface area (Å²) in [6, 6.07) is 0. The number of nitrogens with one attached hydrogen (secondary N) is 1. The molecule has 4 heteroatoms. The van der Waals surface area contributed by atoms with Crippen molar-refractivity contribution in [2.75, 3.05) is 40.8 Å². The highest BCUT2D eigenvalue weighted by Gasteiger charge is 2.41. The topological polar surface area (TPSA) is 35.6 Å². The number of amides is 1. The summed E-state index contributed by atoms with van der Waals surface area (Å²) in [5.41, 5.74) is -0.268. The van der Waals surface area contributed by atoms with Crippen LogP contribution in [0.5, 0.6) is 0 Å². The van der Waals surface area contributed by atoms with Crippen LogP contribution in [0.3, 0.4) is 0 Å². The zero-order valence-corrected chi connectivity index (χ0v) is 11.8. The maximum atomic E-state index is 12.5. The second kappa shape index (κ2) is 6.36. The highest BCUT2D eigenvalue weighted by Crippen LogP contribution is 2.26. The van der Waals surface area contributed by atoms with Crippen LogP contribution in [0.2, 0.25) is 0 Å². The third-order valence-electron chi connectivity index (χ3n) is 3.56. The number of nitrogens with zero attached hydrogens (tertiary/aromatic N) is 2. The molecule has 1 unspecified atom stereocenters. The van der Waals surface area contributed by atoms with E-state index in [2.05, 4.69) is 17.1 Å². The average molecular weight is 241 g/mol. The highest BCUT2D eigenvalue weighted by atomic mass is 16.2. The van der Waals surface area contributed by atoms with E-state index in [4.69, 9.17) is 0 Å². The lowest BCUT2D eigenvalue weighted by Crippen LogP contribution is -2.54. The summed E-state index contributed by atoms with van der Waals surface area (Å²) < 4.78 is 0. The van der Waals surface area contributed by atoms with Gasteiger partial charge in [-0.15, -0.1) is 0 Å². The molecule has 1 rings (SSSR count).